The van der Waals surface area contributed by atoms with E-state index >= 15 is 0 Å². The topological polar surface area (TPSA) is 136 Å². The number of hydrogen-bond acceptors (Lipinski definition) is 10. The molecule has 0 amide bonds. The van der Waals surface area contributed by atoms with Gasteiger partial charge in [-0.25, -0.2) is 0 Å². The van der Waals surface area contributed by atoms with Crippen LogP contribution >= 0.6 is 0 Å². The molecule has 54 heavy (non-hydrogen) atoms. The second-order valence-corrected chi connectivity index (χ2v) is 17.6. The summed E-state index contributed by atoms with van der Waals surface area (Å²) in [5, 5.41) is 42.2. The molecule has 0 aromatic heterocycles. The molecule has 4 rings (SSSR count). The third kappa shape index (κ3) is 10.9. The Morgan fingerprint density at radius 1 is 0.685 bits per heavy atom. The van der Waals surface area contributed by atoms with Gasteiger partial charge in [0.05, 0.1) is 49.8 Å². The van der Waals surface area contributed by atoms with Gasteiger partial charge in [-0.05, 0) is 137 Å². The molecule has 4 aliphatic rings. The Hall–Kier alpha value is -1.44. The molecule has 0 aromatic rings. The first-order valence-electron chi connectivity index (χ1n) is 20.5. The Morgan fingerprint density at radius 3 is 1.39 bits per heavy atom. The largest absolute Gasteiger partial charge is 0.393 e. The number of ether oxygens (including phenoxy) is 6. The summed E-state index contributed by atoms with van der Waals surface area (Å²) in [7, 11) is 3.28. The summed E-state index contributed by atoms with van der Waals surface area (Å²) < 4.78 is 35.8. The zero-order chi connectivity index (χ0) is 39.8. The molecule has 4 N–H and O–H groups in total. The Kier molecular flexibility index (Phi) is 17.0. The lowest BCUT2D eigenvalue weighted by Crippen LogP contribution is -2.40. The lowest BCUT2D eigenvalue weighted by molar-refractivity contribution is -0.0764. The zero-order valence-corrected chi connectivity index (χ0v) is 35.1. The fourth-order valence-corrected chi connectivity index (χ4v) is 9.31. The average Bonchev–Trinajstić information content (AvgIpc) is 3.75. The van der Waals surface area contributed by atoms with Crippen molar-refractivity contribution in [2.75, 3.05) is 41.0 Å². The van der Waals surface area contributed by atoms with E-state index < -0.39 is 12.2 Å². The maximum atomic E-state index is 11.0. The van der Waals surface area contributed by atoms with Crippen molar-refractivity contribution in [2.45, 2.75) is 168 Å². The third-order valence-electron chi connectivity index (χ3n) is 13.4. The van der Waals surface area contributed by atoms with E-state index in [1.165, 1.54) is 22.3 Å². The van der Waals surface area contributed by atoms with E-state index in [9.17, 15) is 20.4 Å². The van der Waals surface area contributed by atoms with Crippen molar-refractivity contribution < 1.29 is 48.8 Å². The Balaban J connectivity index is 1.38. The van der Waals surface area contributed by atoms with E-state index in [1.807, 2.05) is 13.8 Å². The summed E-state index contributed by atoms with van der Waals surface area (Å²) >= 11 is 0. The van der Waals surface area contributed by atoms with Crippen LogP contribution in [0.3, 0.4) is 0 Å². The summed E-state index contributed by atoms with van der Waals surface area (Å²) in [6.07, 6.45) is 8.39. The average molecular weight is 763 g/mol. The molecule has 10 nitrogen and oxygen atoms in total. The van der Waals surface area contributed by atoms with Gasteiger partial charge < -0.3 is 48.8 Å². The van der Waals surface area contributed by atoms with Crippen molar-refractivity contribution in [3.63, 3.8) is 0 Å². The lowest BCUT2D eigenvalue weighted by Gasteiger charge is -2.44. The minimum atomic E-state index is -0.851. The van der Waals surface area contributed by atoms with Gasteiger partial charge in [0.25, 0.3) is 0 Å². The number of hydrogen-bond donors (Lipinski definition) is 4. The van der Waals surface area contributed by atoms with Crippen LogP contribution in [0.5, 0.6) is 0 Å². The first-order valence-corrected chi connectivity index (χ1v) is 20.5. The van der Waals surface area contributed by atoms with Crippen molar-refractivity contribution in [3.05, 3.63) is 45.6 Å². The highest BCUT2D eigenvalue weighted by molar-refractivity contribution is 5.40. The van der Waals surface area contributed by atoms with Gasteiger partial charge in [-0.1, -0.05) is 51.0 Å². The summed E-state index contributed by atoms with van der Waals surface area (Å²) in [4.78, 5) is 0. The molecule has 10 heteroatoms. The van der Waals surface area contributed by atoms with Crippen molar-refractivity contribution in [1.82, 2.24) is 0 Å². The smallest absolute Gasteiger partial charge is 0.147 e. The van der Waals surface area contributed by atoms with Crippen molar-refractivity contribution in [3.8, 4) is 0 Å². The Bertz CT molecular complexity index is 1230. The molecular weight excluding hydrogens is 688 g/mol. The van der Waals surface area contributed by atoms with Gasteiger partial charge in [0.2, 0.25) is 0 Å². The second kappa shape index (κ2) is 20.3. The highest BCUT2D eigenvalue weighted by Crippen LogP contribution is 2.54. The first kappa shape index (κ1) is 45.3. The van der Waals surface area contributed by atoms with Gasteiger partial charge in [0.1, 0.15) is 25.8 Å². The van der Waals surface area contributed by atoms with E-state index in [1.54, 1.807) is 14.2 Å². The molecule has 2 heterocycles. The van der Waals surface area contributed by atoms with Crippen LogP contribution in [-0.4, -0.2) is 110 Å². The molecule has 0 radical (unpaired) electrons. The standard InChI is InChI=1S/C44H74O10/c1-27(19-37-41-33(23-51-37)43(7,17-15-31(5)45)29(3)21-39(41)53-25-49-9)11-13-35(47)36(48)14-12-28(2)20-38-42-34(24-52-38)44(8,18-16-32(6)46)30(4)22-40(42)54-26-50-10/h19-20,29-32,35-40,45-48H,11-18,21-26H2,1-10H3/b27-19+,28-20+/t29-,30-,31?,32?,35?,36?,37-,38-,39+,40+,43-,44-/m1/s1. The van der Waals surface area contributed by atoms with Gasteiger partial charge in [-0.2, -0.15) is 0 Å². The van der Waals surface area contributed by atoms with Gasteiger partial charge in [-0.15, -0.1) is 0 Å². The van der Waals surface area contributed by atoms with E-state index in [0.29, 0.717) is 50.7 Å². The SMILES string of the molecule is COCO[C@H]1C[C@@H](C)[C@@](C)(CCC(C)O)C2=C1[C@@H](/C=C(\C)CCC(O)C(O)CC/C(C)=C/[C@H]1OCC3=C1[C@@H](OCOC)C[C@@H](C)[C@@]3(C)CCC(C)O)OC2. The molecule has 310 valence electrons. The summed E-state index contributed by atoms with van der Waals surface area (Å²) in [6.45, 7) is 18.5. The molecule has 12 atom stereocenters. The predicted octanol–water partition coefficient (Wildman–Crippen LogP) is 6.94. The zero-order valence-electron chi connectivity index (χ0n) is 35.1. The van der Waals surface area contributed by atoms with Gasteiger partial charge in [-0.3, -0.25) is 0 Å². The molecule has 0 saturated carbocycles. The summed E-state index contributed by atoms with van der Waals surface area (Å²) in [6, 6.07) is 0. The molecule has 0 saturated heterocycles. The van der Waals surface area contributed by atoms with Crippen LogP contribution in [0.2, 0.25) is 0 Å². The second-order valence-electron chi connectivity index (χ2n) is 17.6. The van der Waals surface area contributed by atoms with Gasteiger partial charge in [0.15, 0.2) is 0 Å². The third-order valence-corrected chi connectivity index (χ3v) is 13.4. The predicted molar refractivity (Wildman–Crippen MR) is 211 cm³/mol. The number of allylic oxidation sites excluding steroid dienone is 2. The van der Waals surface area contributed by atoms with Crippen molar-refractivity contribution in [1.29, 1.82) is 0 Å². The van der Waals surface area contributed by atoms with Crippen LogP contribution in [0.4, 0.5) is 0 Å². The van der Waals surface area contributed by atoms with E-state index in [0.717, 1.165) is 49.7 Å². The van der Waals surface area contributed by atoms with Crippen LogP contribution in [0, 0.1) is 22.7 Å². The molecule has 0 bridgehead atoms. The fourth-order valence-electron chi connectivity index (χ4n) is 9.31. The van der Waals surface area contributed by atoms with Crippen LogP contribution in [0.1, 0.15) is 120 Å². The Morgan fingerprint density at radius 2 is 1.06 bits per heavy atom. The number of aliphatic hydroxyl groups excluding tert-OH is 4. The molecule has 0 spiro atoms. The Labute approximate surface area is 326 Å². The quantitative estimate of drug-likeness (QED) is 0.0719. The highest BCUT2D eigenvalue weighted by atomic mass is 16.7. The normalized spacial score (nSPS) is 34.3. The number of aliphatic hydroxyl groups is 4. The number of rotatable bonds is 21. The minimum Gasteiger partial charge on any atom is -0.393 e. The first-order chi connectivity index (χ1) is 25.5. The molecule has 2 aliphatic carbocycles. The lowest BCUT2D eigenvalue weighted by atomic mass is 9.61. The maximum absolute atomic E-state index is 11.0. The van der Waals surface area contributed by atoms with E-state index in [-0.39, 0.29) is 61.0 Å². The maximum Gasteiger partial charge on any atom is 0.147 e. The van der Waals surface area contributed by atoms with Crippen LogP contribution < -0.4 is 0 Å². The van der Waals surface area contributed by atoms with Crippen molar-refractivity contribution in [2.24, 2.45) is 22.7 Å². The van der Waals surface area contributed by atoms with Crippen LogP contribution in [0.15, 0.2) is 45.6 Å². The molecule has 4 unspecified atom stereocenters. The molecule has 2 aliphatic heterocycles. The molecular formula is C44H74O10. The summed E-state index contributed by atoms with van der Waals surface area (Å²) in [5.41, 5.74) is 6.96. The van der Waals surface area contributed by atoms with E-state index in [4.69, 9.17) is 28.4 Å². The van der Waals surface area contributed by atoms with Crippen LogP contribution in [0.25, 0.3) is 0 Å². The van der Waals surface area contributed by atoms with Gasteiger partial charge in [0, 0.05) is 14.2 Å². The monoisotopic (exact) mass is 763 g/mol. The summed E-state index contributed by atoms with van der Waals surface area (Å²) in [5.74, 6) is 0.731. The minimum absolute atomic E-state index is 0.0834. The van der Waals surface area contributed by atoms with E-state index in [2.05, 4.69) is 53.7 Å². The molecule has 0 fully saturated rings. The highest BCUT2D eigenvalue weighted by Gasteiger charge is 2.49. The van der Waals surface area contributed by atoms with Gasteiger partial charge >= 0.3 is 0 Å². The fraction of sp³-hybridized carbons (Fsp3) is 0.818. The molecule has 0 aromatic carbocycles. The van der Waals surface area contributed by atoms with Crippen molar-refractivity contribution >= 4 is 0 Å². The number of methoxy groups -OCH3 is 2. The van der Waals surface area contributed by atoms with Crippen LogP contribution in [-0.2, 0) is 28.4 Å².